The third kappa shape index (κ3) is 1.15. The molecule has 0 aromatic carbocycles. The van der Waals surface area contributed by atoms with Gasteiger partial charge in [-0.25, -0.2) is 0 Å². The van der Waals surface area contributed by atoms with Crippen molar-refractivity contribution < 1.29 is 0 Å². The molecule has 0 aromatic heterocycles. The van der Waals surface area contributed by atoms with Crippen molar-refractivity contribution in [3.05, 3.63) is 0 Å². The summed E-state index contributed by atoms with van der Waals surface area (Å²) < 4.78 is 0. The van der Waals surface area contributed by atoms with Crippen LogP contribution in [0.2, 0.25) is 0 Å². The van der Waals surface area contributed by atoms with Gasteiger partial charge in [-0.05, 0) is 6.42 Å². The van der Waals surface area contributed by atoms with Crippen LogP contribution in [-0.4, -0.2) is 12.4 Å². The van der Waals surface area contributed by atoms with E-state index < -0.39 is 0 Å². The maximum Gasteiger partial charge on any atom is 0.0355 e. The van der Waals surface area contributed by atoms with E-state index in [2.05, 4.69) is 17.1 Å². The normalized spacial score (nSPS) is 18.1. The van der Waals surface area contributed by atoms with Crippen molar-refractivity contribution in [3.8, 4) is 0 Å². The minimum atomic E-state index is 0.528. The lowest BCUT2D eigenvalue weighted by atomic mass is 10.1. The molecule has 0 aromatic rings. The van der Waals surface area contributed by atoms with Crippen LogP contribution in [0.15, 0.2) is 10.2 Å². The number of rotatable bonds is 2. The summed E-state index contributed by atoms with van der Waals surface area (Å²) >= 11 is 0. The third-order valence-electron chi connectivity index (χ3n) is 1.20. The van der Waals surface area contributed by atoms with E-state index in [-0.39, 0.29) is 0 Å². The van der Waals surface area contributed by atoms with Crippen LogP contribution in [0.4, 0.5) is 0 Å². The van der Waals surface area contributed by atoms with Gasteiger partial charge in [-0.15, -0.1) is 0 Å². The molecule has 0 bridgehead atoms. The van der Waals surface area contributed by atoms with Crippen LogP contribution in [0, 0.1) is 5.92 Å². The first-order valence-electron chi connectivity index (χ1n) is 3.00. The molecular weight excluding hydrogens is 100 g/mol. The van der Waals surface area contributed by atoms with Crippen LogP contribution in [0.25, 0.3) is 0 Å². The highest BCUT2D eigenvalue weighted by Gasteiger charge is 2.02. The van der Waals surface area contributed by atoms with Crippen molar-refractivity contribution >= 4 is 12.4 Å². The van der Waals surface area contributed by atoms with Gasteiger partial charge in [0, 0.05) is 18.3 Å². The van der Waals surface area contributed by atoms with Gasteiger partial charge < -0.3 is 0 Å². The largest absolute Gasteiger partial charge is 0.163 e. The molecule has 8 heavy (non-hydrogen) atoms. The van der Waals surface area contributed by atoms with Crippen LogP contribution in [0.1, 0.15) is 19.8 Å². The summed E-state index contributed by atoms with van der Waals surface area (Å²) in [5.74, 6) is 0.528. The molecule has 0 fully saturated rings. The molecule has 0 unspecified atom stereocenters. The average molecular weight is 110 g/mol. The van der Waals surface area contributed by atoms with Gasteiger partial charge in [0.15, 0.2) is 0 Å². The second-order valence-corrected chi connectivity index (χ2v) is 1.98. The van der Waals surface area contributed by atoms with E-state index in [9.17, 15) is 0 Å². The first-order chi connectivity index (χ1) is 3.93. The summed E-state index contributed by atoms with van der Waals surface area (Å²) in [5.41, 5.74) is 0. The molecule has 0 amide bonds. The van der Waals surface area contributed by atoms with Crippen molar-refractivity contribution in [1.29, 1.82) is 0 Å². The lowest BCUT2D eigenvalue weighted by molar-refractivity contribution is 0.775. The average Bonchev–Trinajstić information content (AvgIpc) is 2.19. The minimum Gasteiger partial charge on any atom is -0.163 e. The first-order valence-corrected chi connectivity index (χ1v) is 3.00. The maximum absolute atomic E-state index is 3.73. The van der Waals surface area contributed by atoms with E-state index in [1.54, 1.807) is 0 Å². The Bertz CT molecular complexity index is 104. The predicted molar refractivity (Wildman–Crippen MR) is 35.4 cm³/mol. The van der Waals surface area contributed by atoms with E-state index >= 15 is 0 Å². The van der Waals surface area contributed by atoms with Gasteiger partial charge in [-0.3, -0.25) is 0 Å². The molecule has 0 saturated carbocycles. The standard InChI is InChI=1S/C6H10N2/c1-2-3-6-4-7-8-5-6/h4-6H,2-3H2,1H3. The second kappa shape index (κ2) is 2.60. The molecule has 0 atom stereocenters. The Morgan fingerprint density at radius 1 is 1.38 bits per heavy atom. The van der Waals surface area contributed by atoms with Crippen LogP contribution >= 0.6 is 0 Å². The molecule has 0 N–H and O–H groups in total. The summed E-state index contributed by atoms with van der Waals surface area (Å²) in [6.45, 7) is 2.17. The van der Waals surface area contributed by atoms with Gasteiger partial charge in [0.05, 0.1) is 0 Å². The van der Waals surface area contributed by atoms with E-state index in [1.807, 2.05) is 12.4 Å². The number of nitrogens with zero attached hydrogens (tertiary/aromatic N) is 2. The van der Waals surface area contributed by atoms with Crippen molar-refractivity contribution in [1.82, 2.24) is 0 Å². The highest BCUT2D eigenvalue weighted by Crippen LogP contribution is 2.04. The Kier molecular flexibility index (Phi) is 1.78. The maximum atomic E-state index is 3.73. The molecular formula is C6H10N2. The Hall–Kier alpha value is -0.660. The molecule has 1 heterocycles. The fourth-order valence-electron chi connectivity index (χ4n) is 0.769. The Morgan fingerprint density at radius 2 is 2.00 bits per heavy atom. The minimum absolute atomic E-state index is 0.528. The smallest absolute Gasteiger partial charge is 0.0355 e. The molecule has 0 saturated heterocycles. The van der Waals surface area contributed by atoms with E-state index in [1.165, 1.54) is 12.8 Å². The third-order valence-corrected chi connectivity index (χ3v) is 1.20. The summed E-state index contributed by atoms with van der Waals surface area (Å²) in [4.78, 5) is 0. The summed E-state index contributed by atoms with van der Waals surface area (Å²) in [6.07, 6.45) is 6.18. The van der Waals surface area contributed by atoms with Crippen molar-refractivity contribution in [2.24, 2.45) is 16.1 Å². The zero-order valence-electron chi connectivity index (χ0n) is 5.04. The van der Waals surface area contributed by atoms with Gasteiger partial charge in [0.2, 0.25) is 0 Å². The number of hydrogen-bond donors (Lipinski definition) is 0. The van der Waals surface area contributed by atoms with E-state index in [4.69, 9.17) is 0 Å². The Morgan fingerprint density at radius 3 is 2.50 bits per heavy atom. The fourth-order valence-corrected chi connectivity index (χ4v) is 0.769. The van der Waals surface area contributed by atoms with Crippen LogP contribution in [-0.2, 0) is 0 Å². The quantitative estimate of drug-likeness (QED) is 0.514. The molecule has 0 spiro atoms. The monoisotopic (exact) mass is 110 g/mol. The molecule has 2 heteroatoms. The van der Waals surface area contributed by atoms with Crippen molar-refractivity contribution in [3.63, 3.8) is 0 Å². The topological polar surface area (TPSA) is 24.7 Å². The molecule has 44 valence electrons. The lowest BCUT2D eigenvalue weighted by Crippen LogP contribution is -1.97. The highest BCUT2D eigenvalue weighted by molar-refractivity contribution is 5.86. The van der Waals surface area contributed by atoms with E-state index in [0.717, 1.165) is 0 Å². The second-order valence-electron chi connectivity index (χ2n) is 1.98. The van der Waals surface area contributed by atoms with Crippen LogP contribution in [0.5, 0.6) is 0 Å². The Labute approximate surface area is 49.3 Å². The molecule has 2 nitrogen and oxygen atoms in total. The van der Waals surface area contributed by atoms with Gasteiger partial charge in [0.1, 0.15) is 0 Å². The van der Waals surface area contributed by atoms with Gasteiger partial charge >= 0.3 is 0 Å². The summed E-state index contributed by atoms with van der Waals surface area (Å²) in [6, 6.07) is 0. The summed E-state index contributed by atoms with van der Waals surface area (Å²) in [7, 11) is 0. The van der Waals surface area contributed by atoms with Crippen molar-refractivity contribution in [2.75, 3.05) is 0 Å². The molecule has 1 aliphatic rings. The number of hydrogen-bond acceptors (Lipinski definition) is 2. The molecule has 0 radical (unpaired) electrons. The lowest BCUT2D eigenvalue weighted by Gasteiger charge is -1.94. The van der Waals surface area contributed by atoms with Crippen LogP contribution in [0.3, 0.4) is 0 Å². The summed E-state index contributed by atoms with van der Waals surface area (Å²) in [5, 5.41) is 7.46. The van der Waals surface area contributed by atoms with Gasteiger partial charge in [-0.2, -0.15) is 10.2 Å². The molecule has 1 aliphatic heterocycles. The van der Waals surface area contributed by atoms with Gasteiger partial charge in [0.25, 0.3) is 0 Å². The first kappa shape index (κ1) is 5.48. The van der Waals surface area contributed by atoms with Crippen LogP contribution < -0.4 is 0 Å². The SMILES string of the molecule is CCCC1C=NN=C1. The molecule has 1 rings (SSSR count). The Balaban J connectivity index is 2.27. The van der Waals surface area contributed by atoms with Crippen molar-refractivity contribution in [2.45, 2.75) is 19.8 Å². The highest BCUT2D eigenvalue weighted by atomic mass is 15.2. The van der Waals surface area contributed by atoms with Gasteiger partial charge in [-0.1, -0.05) is 13.3 Å². The fraction of sp³-hybridized carbons (Fsp3) is 0.667. The molecule has 0 aliphatic carbocycles. The predicted octanol–water partition coefficient (Wildman–Crippen LogP) is 1.47. The zero-order valence-corrected chi connectivity index (χ0v) is 5.04. The van der Waals surface area contributed by atoms with E-state index in [0.29, 0.717) is 5.92 Å². The zero-order chi connectivity index (χ0) is 5.82.